The fourth-order valence-electron chi connectivity index (χ4n) is 9.05. The molecule has 294 valence electrons. The molecule has 0 bridgehead atoms. The molecular weight excluding hydrogens is 805 g/mol. The summed E-state index contributed by atoms with van der Waals surface area (Å²) in [7, 11) is 0. The SMILES string of the molecule is [2H]c1c([2H])c([2H])c(-c2ccc3sc4c(-c5nc(-c6ccccc6)nc(-c6cccc(-c7cccc8c7sc7ccccc78)c6)n5)cc(-n5c6ccccc6c6ccccc65)cc4c3c2)c([2H])c1[2H]. The summed E-state index contributed by atoms with van der Waals surface area (Å²) in [5, 5.41) is 6.56. The van der Waals surface area contributed by atoms with Crippen molar-refractivity contribution in [3.63, 3.8) is 0 Å². The average molecular weight is 844 g/mol. The number of benzene rings is 9. The van der Waals surface area contributed by atoms with Gasteiger partial charge in [0.05, 0.1) is 17.9 Å². The highest BCUT2D eigenvalue weighted by molar-refractivity contribution is 7.26. The van der Waals surface area contributed by atoms with Gasteiger partial charge in [-0.25, -0.2) is 15.0 Å². The quantitative estimate of drug-likeness (QED) is 0.167. The van der Waals surface area contributed by atoms with Gasteiger partial charge in [0.25, 0.3) is 0 Å². The van der Waals surface area contributed by atoms with E-state index in [1.165, 1.54) is 20.2 Å². The maximum atomic E-state index is 8.84. The molecule has 0 N–H and O–H groups in total. The molecule has 13 aromatic rings. The van der Waals surface area contributed by atoms with Crippen molar-refractivity contribution >= 4 is 84.8 Å². The molecule has 9 aromatic carbocycles. The normalized spacial score (nSPS) is 12.9. The molecule has 0 atom stereocenters. The first kappa shape index (κ1) is 31.1. The van der Waals surface area contributed by atoms with Gasteiger partial charge >= 0.3 is 0 Å². The molecular formula is C57H34N4S2. The Bertz CT molecular complexity index is 4150. The van der Waals surface area contributed by atoms with Crippen LogP contribution in [0.5, 0.6) is 0 Å². The van der Waals surface area contributed by atoms with Crippen molar-refractivity contribution in [1.82, 2.24) is 19.5 Å². The van der Waals surface area contributed by atoms with Gasteiger partial charge < -0.3 is 4.57 Å². The zero-order chi connectivity index (χ0) is 45.8. The summed E-state index contributed by atoms with van der Waals surface area (Å²) >= 11 is 3.42. The second-order valence-electron chi connectivity index (χ2n) is 15.6. The van der Waals surface area contributed by atoms with Crippen molar-refractivity contribution in [2.24, 2.45) is 0 Å². The van der Waals surface area contributed by atoms with Crippen LogP contribution >= 0.6 is 22.7 Å². The fraction of sp³-hybridized carbons (Fsp3) is 0. The summed E-state index contributed by atoms with van der Waals surface area (Å²) in [5.74, 6) is 1.60. The topological polar surface area (TPSA) is 43.6 Å². The van der Waals surface area contributed by atoms with Crippen LogP contribution in [-0.2, 0) is 0 Å². The van der Waals surface area contributed by atoms with Crippen molar-refractivity contribution in [3.8, 4) is 62.1 Å². The summed E-state index contributed by atoms with van der Waals surface area (Å²) in [6, 6.07) is 58.9. The fourth-order valence-corrected chi connectivity index (χ4v) is 11.5. The molecule has 63 heavy (non-hydrogen) atoms. The highest BCUT2D eigenvalue weighted by Gasteiger charge is 2.21. The molecule has 6 heteroatoms. The van der Waals surface area contributed by atoms with Crippen LogP contribution in [0, 0.1) is 0 Å². The third-order valence-corrected chi connectivity index (χ3v) is 14.4. The number of para-hydroxylation sites is 2. The molecule has 0 saturated heterocycles. The van der Waals surface area contributed by atoms with Gasteiger partial charge in [0.15, 0.2) is 17.5 Å². The second kappa shape index (κ2) is 14.4. The lowest BCUT2D eigenvalue weighted by Crippen LogP contribution is -2.01. The summed E-state index contributed by atoms with van der Waals surface area (Å²) in [6.07, 6.45) is 0. The first-order valence-electron chi connectivity index (χ1n) is 23.2. The van der Waals surface area contributed by atoms with Crippen molar-refractivity contribution in [1.29, 1.82) is 0 Å². The third kappa shape index (κ3) is 5.91. The number of hydrogen-bond donors (Lipinski definition) is 0. The van der Waals surface area contributed by atoms with Gasteiger partial charge in [-0.1, -0.05) is 158 Å². The smallest absolute Gasteiger partial charge is 0.165 e. The van der Waals surface area contributed by atoms with Gasteiger partial charge in [-0.05, 0) is 70.8 Å². The first-order valence-corrected chi connectivity index (χ1v) is 22.3. The third-order valence-electron chi connectivity index (χ3n) is 11.9. The minimum absolute atomic E-state index is 0.163. The van der Waals surface area contributed by atoms with Gasteiger partial charge in [0, 0.05) is 73.5 Å². The van der Waals surface area contributed by atoms with E-state index in [9.17, 15) is 0 Å². The first-order chi connectivity index (χ1) is 33.3. The summed E-state index contributed by atoms with van der Waals surface area (Å²) in [6.45, 7) is 0. The zero-order valence-electron chi connectivity index (χ0n) is 38.3. The van der Waals surface area contributed by atoms with E-state index in [0.29, 0.717) is 23.0 Å². The van der Waals surface area contributed by atoms with Gasteiger partial charge in [-0.2, -0.15) is 0 Å². The van der Waals surface area contributed by atoms with E-state index in [2.05, 4.69) is 132 Å². The lowest BCUT2D eigenvalue weighted by molar-refractivity contribution is 1.07. The predicted molar refractivity (Wildman–Crippen MR) is 267 cm³/mol. The molecule has 0 aliphatic rings. The van der Waals surface area contributed by atoms with Gasteiger partial charge in [-0.15, -0.1) is 22.7 Å². The number of aromatic nitrogens is 4. The molecule has 4 nitrogen and oxygen atoms in total. The molecule has 0 unspecified atom stereocenters. The van der Waals surface area contributed by atoms with Gasteiger partial charge in [0.2, 0.25) is 0 Å². The molecule has 0 saturated carbocycles. The Morgan fingerprint density at radius 2 is 0.968 bits per heavy atom. The second-order valence-corrected chi connectivity index (χ2v) is 17.7. The van der Waals surface area contributed by atoms with E-state index >= 15 is 0 Å². The molecule has 0 radical (unpaired) electrons. The molecule has 4 heterocycles. The highest BCUT2D eigenvalue weighted by Crippen LogP contribution is 2.45. The van der Waals surface area contributed by atoms with Crippen molar-refractivity contribution < 1.29 is 6.85 Å². The minimum Gasteiger partial charge on any atom is -0.309 e. The van der Waals surface area contributed by atoms with Crippen molar-refractivity contribution in [2.45, 2.75) is 0 Å². The lowest BCUT2D eigenvalue weighted by Gasteiger charge is -2.13. The number of fused-ring (bicyclic) bond motifs is 9. The van der Waals surface area contributed by atoms with Crippen LogP contribution in [0.4, 0.5) is 0 Å². The molecule has 0 aliphatic heterocycles. The number of nitrogens with zero attached hydrogens (tertiary/aromatic N) is 4. The Morgan fingerprint density at radius 1 is 0.365 bits per heavy atom. The Morgan fingerprint density at radius 3 is 1.76 bits per heavy atom. The van der Waals surface area contributed by atoms with Crippen LogP contribution in [0.15, 0.2) is 206 Å². The van der Waals surface area contributed by atoms with Crippen LogP contribution in [-0.4, -0.2) is 19.5 Å². The average Bonchev–Trinajstić information content (AvgIpc) is 4.07. The van der Waals surface area contributed by atoms with E-state index in [1.54, 1.807) is 22.7 Å². The Kier molecular flexibility index (Phi) is 7.13. The molecule has 13 rings (SSSR count). The molecule has 0 fully saturated rings. The van der Waals surface area contributed by atoms with Crippen LogP contribution in [0.25, 0.3) is 124 Å². The van der Waals surface area contributed by atoms with Crippen LogP contribution in [0.1, 0.15) is 6.85 Å². The Labute approximate surface area is 377 Å². The Hall–Kier alpha value is -7.77. The largest absolute Gasteiger partial charge is 0.309 e. The van der Waals surface area contributed by atoms with Crippen LogP contribution in [0.3, 0.4) is 0 Å². The summed E-state index contributed by atoms with van der Waals surface area (Å²) in [5.41, 5.74) is 8.45. The lowest BCUT2D eigenvalue weighted by atomic mass is 10.0. The number of rotatable bonds is 6. The number of hydrogen-bond acceptors (Lipinski definition) is 5. The summed E-state index contributed by atoms with van der Waals surface area (Å²) < 4.78 is 49.5. The van der Waals surface area contributed by atoms with E-state index in [0.717, 1.165) is 75.5 Å². The maximum Gasteiger partial charge on any atom is 0.165 e. The van der Waals surface area contributed by atoms with Crippen LogP contribution in [0.2, 0.25) is 0 Å². The maximum absolute atomic E-state index is 8.84. The minimum atomic E-state index is -0.418. The number of thiophene rings is 2. The van der Waals surface area contributed by atoms with E-state index in [4.69, 9.17) is 21.8 Å². The zero-order valence-corrected chi connectivity index (χ0v) is 35.0. The molecule has 0 spiro atoms. The van der Waals surface area contributed by atoms with Crippen LogP contribution < -0.4 is 0 Å². The van der Waals surface area contributed by atoms with Crippen molar-refractivity contribution in [3.05, 3.63) is 206 Å². The summed E-state index contributed by atoms with van der Waals surface area (Å²) in [4.78, 5) is 15.9. The van der Waals surface area contributed by atoms with E-state index in [-0.39, 0.29) is 29.7 Å². The van der Waals surface area contributed by atoms with Gasteiger partial charge in [-0.3, -0.25) is 0 Å². The predicted octanol–water partition coefficient (Wildman–Crippen LogP) is 16.0. The van der Waals surface area contributed by atoms with Crippen molar-refractivity contribution in [2.75, 3.05) is 0 Å². The standard InChI is InChI=1S/C57H34N4S2/c1-3-15-35(16-4-1)37-29-30-52-46(32-37)47-33-40(61-49-26-10-7-21-42(49)43-22-8-11-27-50(43)61)34-48(54(47)63-52)57-59-55(36-17-5-2-6-18-36)58-56(60-57)39-20-13-19-38(31-39)41-24-14-25-45-44-23-9-12-28-51(44)62-53(41)45/h1-34H/i1D,3D,4D,15D,16D. The van der Waals surface area contributed by atoms with E-state index < -0.39 is 6.04 Å². The molecule has 0 amide bonds. The van der Waals surface area contributed by atoms with Gasteiger partial charge in [0.1, 0.15) is 0 Å². The monoisotopic (exact) mass is 843 g/mol. The van der Waals surface area contributed by atoms with E-state index in [1.807, 2.05) is 48.5 Å². The molecule has 0 aliphatic carbocycles. The Balaban J connectivity index is 1.08. The highest BCUT2D eigenvalue weighted by atomic mass is 32.1. The molecule has 4 aromatic heterocycles.